The molecule has 0 aromatic heterocycles. The Bertz CT molecular complexity index is 1240. The Hall–Kier alpha value is -2.83. The third kappa shape index (κ3) is 2.30. The Kier molecular flexibility index (Phi) is 3.26. The molecule has 0 radical (unpaired) electrons. The summed E-state index contributed by atoms with van der Waals surface area (Å²) in [4.78, 5) is 0. The summed E-state index contributed by atoms with van der Waals surface area (Å²) in [5.74, 6) is 0. The fourth-order valence-corrected chi connectivity index (χ4v) is 3.92. The summed E-state index contributed by atoms with van der Waals surface area (Å²) in [6.45, 7) is 0. The summed E-state index contributed by atoms with van der Waals surface area (Å²) in [6.07, 6.45) is 0. The largest absolute Gasteiger partial charge is 0.0843 e. The van der Waals surface area contributed by atoms with Crippen LogP contribution >= 0.6 is 11.6 Å². The molecule has 0 atom stereocenters. The molecule has 0 spiro atoms. The average Bonchev–Trinajstić information content (AvgIpc) is 2.67. The summed E-state index contributed by atoms with van der Waals surface area (Å²) in [7, 11) is 0. The smallest absolute Gasteiger partial charge is 0.0412 e. The Labute approximate surface area is 151 Å². The number of hydrogen-bond donors (Lipinski definition) is 0. The lowest BCUT2D eigenvalue weighted by Crippen LogP contribution is -1.86. The Morgan fingerprint density at radius 1 is 0.520 bits per heavy atom. The fraction of sp³-hybridized carbons (Fsp3) is 0. The first-order valence-electron chi connectivity index (χ1n) is 8.40. The SMILES string of the molecule is Clc1ccc2ccc3c4ccccc4cc(-c4ccccc4)c3c2c1. The highest BCUT2D eigenvalue weighted by atomic mass is 35.5. The molecule has 0 amide bonds. The van der Waals surface area contributed by atoms with Gasteiger partial charge in [-0.1, -0.05) is 84.4 Å². The van der Waals surface area contributed by atoms with Crippen molar-refractivity contribution < 1.29 is 0 Å². The van der Waals surface area contributed by atoms with E-state index in [0.717, 1.165) is 5.02 Å². The van der Waals surface area contributed by atoms with Crippen molar-refractivity contribution in [3.8, 4) is 11.1 Å². The molecule has 0 saturated heterocycles. The van der Waals surface area contributed by atoms with Gasteiger partial charge in [-0.3, -0.25) is 0 Å². The van der Waals surface area contributed by atoms with Gasteiger partial charge in [0.05, 0.1) is 0 Å². The molecule has 5 aromatic rings. The van der Waals surface area contributed by atoms with Crippen molar-refractivity contribution in [3.05, 3.63) is 96.0 Å². The van der Waals surface area contributed by atoms with E-state index in [4.69, 9.17) is 11.6 Å². The van der Waals surface area contributed by atoms with Crippen LogP contribution in [0.25, 0.3) is 43.4 Å². The van der Waals surface area contributed by atoms with Crippen LogP contribution in [-0.4, -0.2) is 0 Å². The van der Waals surface area contributed by atoms with E-state index in [1.807, 2.05) is 6.07 Å². The topological polar surface area (TPSA) is 0 Å². The van der Waals surface area contributed by atoms with Crippen molar-refractivity contribution in [1.82, 2.24) is 0 Å². The maximum absolute atomic E-state index is 6.34. The molecule has 118 valence electrons. The molecule has 0 fully saturated rings. The molecular weight excluding hydrogens is 324 g/mol. The monoisotopic (exact) mass is 338 g/mol. The molecule has 1 heteroatoms. The van der Waals surface area contributed by atoms with E-state index in [1.54, 1.807) is 0 Å². The lowest BCUT2D eigenvalue weighted by atomic mass is 9.90. The molecule has 0 nitrogen and oxygen atoms in total. The van der Waals surface area contributed by atoms with E-state index in [9.17, 15) is 0 Å². The predicted octanol–water partition coefficient (Wildman–Crippen LogP) is 7.47. The summed E-state index contributed by atoms with van der Waals surface area (Å²) in [6, 6.07) is 32.0. The van der Waals surface area contributed by atoms with E-state index < -0.39 is 0 Å². The van der Waals surface area contributed by atoms with Crippen LogP contribution in [0.5, 0.6) is 0 Å². The molecule has 0 aliphatic carbocycles. The molecule has 0 aliphatic rings. The minimum atomic E-state index is 0.771. The Morgan fingerprint density at radius 3 is 2.16 bits per heavy atom. The van der Waals surface area contributed by atoms with Gasteiger partial charge in [0.15, 0.2) is 0 Å². The first-order valence-corrected chi connectivity index (χ1v) is 8.78. The van der Waals surface area contributed by atoms with Gasteiger partial charge in [-0.2, -0.15) is 0 Å². The molecule has 0 N–H and O–H groups in total. The van der Waals surface area contributed by atoms with Crippen LogP contribution < -0.4 is 0 Å². The van der Waals surface area contributed by atoms with E-state index >= 15 is 0 Å². The minimum Gasteiger partial charge on any atom is -0.0843 e. The lowest BCUT2D eigenvalue weighted by Gasteiger charge is -2.14. The summed E-state index contributed by atoms with van der Waals surface area (Å²) in [5, 5.41) is 8.26. The first kappa shape index (κ1) is 14.5. The zero-order valence-corrected chi connectivity index (χ0v) is 14.3. The summed E-state index contributed by atoms with van der Waals surface area (Å²) in [5.41, 5.74) is 2.48. The van der Waals surface area contributed by atoms with Gasteiger partial charge in [0.25, 0.3) is 0 Å². The highest BCUT2D eigenvalue weighted by Crippen LogP contribution is 2.39. The number of hydrogen-bond acceptors (Lipinski definition) is 0. The van der Waals surface area contributed by atoms with E-state index in [0.29, 0.717) is 0 Å². The van der Waals surface area contributed by atoms with Gasteiger partial charge in [0, 0.05) is 5.02 Å². The van der Waals surface area contributed by atoms with Crippen LogP contribution in [0.2, 0.25) is 5.02 Å². The maximum Gasteiger partial charge on any atom is 0.0412 e. The van der Waals surface area contributed by atoms with Crippen LogP contribution in [0.15, 0.2) is 91.0 Å². The zero-order chi connectivity index (χ0) is 16.8. The number of halogens is 1. The van der Waals surface area contributed by atoms with E-state index in [2.05, 4.69) is 84.9 Å². The second-order valence-corrected chi connectivity index (χ2v) is 6.80. The molecule has 0 unspecified atom stereocenters. The van der Waals surface area contributed by atoms with Crippen molar-refractivity contribution in [2.75, 3.05) is 0 Å². The van der Waals surface area contributed by atoms with Gasteiger partial charge in [-0.25, -0.2) is 0 Å². The van der Waals surface area contributed by atoms with Gasteiger partial charge in [0.1, 0.15) is 0 Å². The molecule has 0 bridgehead atoms. The maximum atomic E-state index is 6.34. The minimum absolute atomic E-state index is 0.771. The van der Waals surface area contributed by atoms with Crippen LogP contribution in [-0.2, 0) is 0 Å². The normalized spacial score (nSPS) is 11.4. The third-order valence-corrected chi connectivity index (χ3v) is 5.12. The third-order valence-electron chi connectivity index (χ3n) is 4.89. The van der Waals surface area contributed by atoms with Crippen LogP contribution in [0.3, 0.4) is 0 Å². The number of benzene rings is 5. The molecule has 5 aromatic carbocycles. The van der Waals surface area contributed by atoms with Gasteiger partial charge in [-0.15, -0.1) is 0 Å². The first-order chi connectivity index (χ1) is 12.3. The fourth-order valence-electron chi connectivity index (χ4n) is 3.75. The average molecular weight is 339 g/mol. The predicted molar refractivity (Wildman–Crippen MR) is 109 cm³/mol. The highest BCUT2D eigenvalue weighted by Gasteiger charge is 2.11. The second-order valence-electron chi connectivity index (χ2n) is 6.36. The van der Waals surface area contributed by atoms with Crippen molar-refractivity contribution in [1.29, 1.82) is 0 Å². The Balaban J connectivity index is 2.07. The quantitative estimate of drug-likeness (QED) is 0.278. The number of rotatable bonds is 1. The van der Waals surface area contributed by atoms with Crippen LogP contribution in [0.1, 0.15) is 0 Å². The highest BCUT2D eigenvalue weighted by molar-refractivity contribution is 6.32. The summed E-state index contributed by atoms with van der Waals surface area (Å²) < 4.78 is 0. The van der Waals surface area contributed by atoms with Gasteiger partial charge in [-0.05, 0) is 61.6 Å². The molecule has 0 heterocycles. The van der Waals surface area contributed by atoms with Crippen LogP contribution in [0.4, 0.5) is 0 Å². The van der Waals surface area contributed by atoms with Gasteiger partial charge in [0.2, 0.25) is 0 Å². The molecule has 5 rings (SSSR count). The summed E-state index contributed by atoms with van der Waals surface area (Å²) >= 11 is 6.34. The van der Waals surface area contributed by atoms with Gasteiger partial charge >= 0.3 is 0 Å². The Morgan fingerprint density at radius 2 is 1.28 bits per heavy atom. The number of fused-ring (bicyclic) bond motifs is 5. The van der Waals surface area contributed by atoms with E-state index in [-0.39, 0.29) is 0 Å². The van der Waals surface area contributed by atoms with Crippen molar-refractivity contribution in [2.24, 2.45) is 0 Å². The van der Waals surface area contributed by atoms with Crippen molar-refractivity contribution in [3.63, 3.8) is 0 Å². The molecular formula is C24H15Cl. The van der Waals surface area contributed by atoms with Gasteiger partial charge < -0.3 is 0 Å². The van der Waals surface area contributed by atoms with Crippen molar-refractivity contribution in [2.45, 2.75) is 0 Å². The molecule has 0 aliphatic heterocycles. The lowest BCUT2D eigenvalue weighted by molar-refractivity contribution is 1.67. The van der Waals surface area contributed by atoms with Crippen molar-refractivity contribution >= 4 is 43.9 Å². The standard InChI is InChI=1S/C24H15Cl/c25-19-12-10-17-11-13-21-20-9-5-4-8-18(20)14-22(24(21)23(17)15-19)16-6-2-1-3-7-16/h1-15H. The zero-order valence-electron chi connectivity index (χ0n) is 13.5. The molecule has 0 saturated carbocycles. The second kappa shape index (κ2) is 5.61. The van der Waals surface area contributed by atoms with E-state index in [1.165, 1.54) is 43.4 Å². The molecule has 25 heavy (non-hydrogen) atoms. The van der Waals surface area contributed by atoms with Crippen LogP contribution in [0, 0.1) is 0 Å².